The average Bonchev–Trinajstić information content (AvgIpc) is 2.46. The van der Waals surface area contributed by atoms with Crippen molar-refractivity contribution < 1.29 is 23.2 Å². The standard InChI is InChI=1S/C9H4F2N2O3/c10-4-1-2-5(11)6(3-4)13-8(15)7(14)12-9(13)16/h1-3H,(H,12,14,16). The maximum absolute atomic E-state index is 13.2. The second-order valence-electron chi connectivity index (χ2n) is 3.00. The van der Waals surface area contributed by atoms with Gasteiger partial charge in [0, 0.05) is 6.07 Å². The number of amides is 4. The summed E-state index contributed by atoms with van der Waals surface area (Å²) in [6, 6.07) is 1.15. The van der Waals surface area contributed by atoms with E-state index in [9.17, 15) is 23.2 Å². The Morgan fingerprint density at radius 2 is 1.81 bits per heavy atom. The van der Waals surface area contributed by atoms with Gasteiger partial charge in [0.1, 0.15) is 11.6 Å². The van der Waals surface area contributed by atoms with Crippen molar-refractivity contribution in [1.82, 2.24) is 5.32 Å². The summed E-state index contributed by atoms with van der Waals surface area (Å²) in [6.45, 7) is 0. The van der Waals surface area contributed by atoms with Gasteiger partial charge in [-0.1, -0.05) is 0 Å². The van der Waals surface area contributed by atoms with Crippen LogP contribution in [0, 0.1) is 11.6 Å². The SMILES string of the molecule is O=C1NC(=O)N(c2cc(F)ccc2F)C1=O. The lowest BCUT2D eigenvalue weighted by Gasteiger charge is -2.11. The van der Waals surface area contributed by atoms with Gasteiger partial charge in [-0.05, 0) is 12.1 Å². The molecule has 1 heterocycles. The third-order valence-corrected chi connectivity index (χ3v) is 1.97. The monoisotopic (exact) mass is 226 g/mol. The second-order valence-corrected chi connectivity index (χ2v) is 3.00. The molecule has 0 radical (unpaired) electrons. The maximum Gasteiger partial charge on any atom is 0.336 e. The van der Waals surface area contributed by atoms with Crippen LogP contribution in [0.2, 0.25) is 0 Å². The minimum Gasteiger partial charge on any atom is -0.269 e. The van der Waals surface area contributed by atoms with Gasteiger partial charge in [0.2, 0.25) is 0 Å². The lowest BCUT2D eigenvalue weighted by Crippen LogP contribution is -2.31. The van der Waals surface area contributed by atoms with E-state index in [0.29, 0.717) is 6.07 Å². The molecule has 1 aliphatic heterocycles. The van der Waals surface area contributed by atoms with Gasteiger partial charge < -0.3 is 0 Å². The van der Waals surface area contributed by atoms with E-state index >= 15 is 0 Å². The van der Waals surface area contributed by atoms with E-state index in [1.54, 1.807) is 5.32 Å². The highest BCUT2D eigenvalue weighted by molar-refractivity contribution is 6.53. The first kappa shape index (κ1) is 10.2. The van der Waals surface area contributed by atoms with Crippen molar-refractivity contribution in [1.29, 1.82) is 0 Å². The predicted molar refractivity (Wildman–Crippen MR) is 47.4 cm³/mol. The third kappa shape index (κ3) is 1.42. The Labute approximate surface area is 87.6 Å². The van der Waals surface area contributed by atoms with Crippen LogP contribution in [0.25, 0.3) is 0 Å². The van der Waals surface area contributed by atoms with Crippen LogP contribution in [-0.4, -0.2) is 17.8 Å². The largest absolute Gasteiger partial charge is 0.336 e. The molecule has 0 spiro atoms. The number of anilines is 1. The molecule has 1 N–H and O–H groups in total. The summed E-state index contributed by atoms with van der Waals surface area (Å²) >= 11 is 0. The summed E-state index contributed by atoms with van der Waals surface area (Å²) in [7, 11) is 0. The predicted octanol–water partition coefficient (Wildman–Crippen LogP) is 0.548. The Morgan fingerprint density at radius 1 is 1.12 bits per heavy atom. The van der Waals surface area contributed by atoms with Gasteiger partial charge in [-0.2, -0.15) is 0 Å². The number of nitrogens with zero attached hydrogens (tertiary/aromatic N) is 1. The van der Waals surface area contributed by atoms with Crippen molar-refractivity contribution in [2.24, 2.45) is 0 Å². The highest BCUT2D eigenvalue weighted by atomic mass is 19.1. The van der Waals surface area contributed by atoms with E-state index in [1.807, 2.05) is 0 Å². The fraction of sp³-hybridized carbons (Fsp3) is 0. The molecule has 1 aromatic rings. The minimum absolute atomic E-state index is 0.251. The summed E-state index contributed by atoms with van der Waals surface area (Å²) in [6.07, 6.45) is 0. The molecule has 0 atom stereocenters. The zero-order valence-corrected chi connectivity index (χ0v) is 7.66. The first-order valence-electron chi connectivity index (χ1n) is 4.15. The summed E-state index contributed by atoms with van der Waals surface area (Å²) in [5.74, 6) is -4.21. The van der Waals surface area contributed by atoms with Crippen LogP contribution in [0.4, 0.5) is 19.3 Å². The van der Waals surface area contributed by atoms with Crippen molar-refractivity contribution >= 4 is 23.5 Å². The second kappa shape index (κ2) is 3.37. The molecule has 5 nitrogen and oxygen atoms in total. The van der Waals surface area contributed by atoms with E-state index in [4.69, 9.17) is 0 Å². The zero-order chi connectivity index (χ0) is 11.9. The molecule has 4 amide bonds. The van der Waals surface area contributed by atoms with Crippen molar-refractivity contribution in [3.05, 3.63) is 29.8 Å². The summed E-state index contributed by atoms with van der Waals surface area (Å²) in [5.41, 5.74) is -0.589. The molecule has 7 heteroatoms. The van der Waals surface area contributed by atoms with Crippen molar-refractivity contribution in [3.63, 3.8) is 0 Å². The molecule has 2 rings (SSSR count). The Morgan fingerprint density at radius 3 is 2.38 bits per heavy atom. The number of carbonyl (C=O) groups is 3. The first-order chi connectivity index (χ1) is 7.50. The van der Waals surface area contributed by atoms with Gasteiger partial charge in [0.25, 0.3) is 0 Å². The molecule has 0 aromatic heterocycles. The lowest BCUT2D eigenvalue weighted by molar-refractivity contribution is -0.134. The van der Waals surface area contributed by atoms with Crippen LogP contribution < -0.4 is 10.2 Å². The Kier molecular flexibility index (Phi) is 2.15. The van der Waals surface area contributed by atoms with Crippen LogP contribution in [0.3, 0.4) is 0 Å². The van der Waals surface area contributed by atoms with Crippen LogP contribution in [0.1, 0.15) is 0 Å². The van der Waals surface area contributed by atoms with Gasteiger partial charge in [0.15, 0.2) is 0 Å². The number of nitrogens with one attached hydrogen (secondary N) is 1. The van der Waals surface area contributed by atoms with Crippen LogP contribution in [-0.2, 0) is 9.59 Å². The number of hydrogen-bond acceptors (Lipinski definition) is 3. The number of urea groups is 1. The Balaban J connectivity index is 2.52. The molecule has 1 aliphatic rings. The maximum atomic E-state index is 13.2. The quantitative estimate of drug-likeness (QED) is 0.561. The lowest BCUT2D eigenvalue weighted by atomic mass is 10.2. The van der Waals surface area contributed by atoms with Gasteiger partial charge in [-0.3, -0.25) is 14.9 Å². The van der Waals surface area contributed by atoms with Gasteiger partial charge in [-0.15, -0.1) is 0 Å². The first-order valence-corrected chi connectivity index (χ1v) is 4.15. The number of halogens is 2. The van der Waals surface area contributed by atoms with E-state index in [1.165, 1.54) is 0 Å². The molecule has 1 fully saturated rings. The van der Waals surface area contributed by atoms with Crippen LogP contribution >= 0.6 is 0 Å². The number of carbonyl (C=O) groups excluding carboxylic acids is 3. The molecule has 82 valence electrons. The Hall–Kier alpha value is -2.31. The molecular weight excluding hydrogens is 222 g/mol. The average molecular weight is 226 g/mol. The van der Waals surface area contributed by atoms with E-state index in [2.05, 4.69) is 0 Å². The van der Waals surface area contributed by atoms with Gasteiger partial charge >= 0.3 is 17.8 Å². The summed E-state index contributed by atoms with van der Waals surface area (Å²) in [4.78, 5) is 33.4. The molecule has 16 heavy (non-hydrogen) atoms. The molecule has 0 unspecified atom stereocenters. The normalized spacial score (nSPS) is 15.6. The Bertz CT molecular complexity index is 515. The third-order valence-electron chi connectivity index (χ3n) is 1.97. The number of hydrogen-bond donors (Lipinski definition) is 1. The van der Waals surface area contributed by atoms with E-state index in [0.717, 1.165) is 12.1 Å². The van der Waals surface area contributed by atoms with Crippen molar-refractivity contribution in [2.75, 3.05) is 4.90 Å². The molecule has 0 saturated carbocycles. The molecule has 0 bridgehead atoms. The van der Waals surface area contributed by atoms with E-state index in [-0.39, 0.29) is 4.90 Å². The molecule has 0 aliphatic carbocycles. The van der Waals surface area contributed by atoms with Crippen molar-refractivity contribution in [3.8, 4) is 0 Å². The van der Waals surface area contributed by atoms with Gasteiger partial charge in [-0.25, -0.2) is 18.5 Å². The molecular formula is C9H4F2N2O3. The number of imide groups is 2. The molecule has 1 saturated heterocycles. The fourth-order valence-electron chi connectivity index (χ4n) is 1.28. The fourth-order valence-corrected chi connectivity index (χ4v) is 1.28. The number of benzene rings is 1. The highest BCUT2D eigenvalue weighted by Crippen LogP contribution is 2.22. The smallest absolute Gasteiger partial charge is 0.269 e. The van der Waals surface area contributed by atoms with E-state index < -0.39 is 35.2 Å². The minimum atomic E-state index is -1.24. The van der Waals surface area contributed by atoms with Crippen LogP contribution in [0.15, 0.2) is 18.2 Å². The van der Waals surface area contributed by atoms with Crippen molar-refractivity contribution in [2.45, 2.75) is 0 Å². The topological polar surface area (TPSA) is 66.5 Å². The zero-order valence-electron chi connectivity index (χ0n) is 7.66. The summed E-state index contributed by atoms with van der Waals surface area (Å²) in [5, 5.41) is 1.67. The number of rotatable bonds is 1. The summed E-state index contributed by atoms with van der Waals surface area (Å²) < 4.78 is 26.1. The van der Waals surface area contributed by atoms with Crippen LogP contribution in [0.5, 0.6) is 0 Å². The van der Waals surface area contributed by atoms with Gasteiger partial charge in [0.05, 0.1) is 5.69 Å². The highest BCUT2D eigenvalue weighted by Gasteiger charge is 2.39. The molecule has 1 aromatic carbocycles.